The molecule has 0 spiro atoms. The van der Waals surface area contributed by atoms with Gasteiger partial charge in [0.2, 0.25) is 0 Å². The largest absolute Gasteiger partial charge is 0.489 e. The highest BCUT2D eigenvalue weighted by molar-refractivity contribution is 5.79. The zero-order valence-corrected chi connectivity index (χ0v) is 10.2. The summed E-state index contributed by atoms with van der Waals surface area (Å²) in [6, 6.07) is 7.95. The Kier molecular flexibility index (Phi) is 3.97. The maximum atomic E-state index is 11.4. The fraction of sp³-hybridized carbons (Fsp3) is 0.400. The van der Waals surface area contributed by atoms with Crippen LogP contribution in [-0.4, -0.2) is 11.9 Å². The molecular weight excluding hydrogens is 212 g/mol. The Morgan fingerprint density at radius 1 is 1.35 bits per heavy atom. The molecule has 2 heteroatoms. The van der Waals surface area contributed by atoms with Crippen molar-refractivity contribution in [1.29, 1.82) is 0 Å². The van der Waals surface area contributed by atoms with Crippen LogP contribution in [0.4, 0.5) is 0 Å². The van der Waals surface area contributed by atoms with E-state index in [4.69, 9.17) is 4.74 Å². The van der Waals surface area contributed by atoms with E-state index in [1.807, 2.05) is 43.3 Å². The third-order valence-corrected chi connectivity index (χ3v) is 3.00. The molecule has 1 fully saturated rings. The smallest absolute Gasteiger partial charge is 0.136 e. The van der Waals surface area contributed by atoms with Gasteiger partial charge in [-0.15, -0.1) is 0 Å². The summed E-state index contributed by atoms with van der Waals surface area (Å²) in [6.07, 6.45) is 7.29. The Hall–Kier alpha value is -1.57. The van der Waals surface area contributed by atoms with E-state index < -0.39 is 0 Å². The molecular formula is C15H18O2. The van der Waals surface area contributed by atoms with Gasteiger partial charge in [0.05, 0.1) is 0 Å². The molecule has 2 nitrogen and oxygen atoms in total. The molecule has 2 rings (SSSR count). The SMILES string of the molecule is CC=Cc1ccccc1OC1CCCC(=O)C1. The monoisotopic (exact) mass is 230 g/mol. The van der Waals surface area contributed by atoms with Crippen molar-refractivity contribution in [3.05, 3.63) is 35.9 Å². The van der Waals surface area contributed by atoms with Crippen molar-refractivity contribution in [2.45, 2.75) is 38.7 Å². The summed E-state index contributed by atoms with van der Waals surface area (Å²) in [5, 5.41) is 0. The molecule has 17 heavy (non-hydrogen) atoms. The number of ether oxygens (including phenoxy) is 1. The van der Waals surface area contributed by atoms with Gasteiger partial charge in [0.15, 0.2) is 0 Å². The molecule has 0 aliphatic heterocycles. The number of ketones is 1. The van der Waals surface area contributed by atoms with Crippen LogP contribution in [0.25, 0.3) is 6.08 Å². The Morgan fingerprint density at radius 2 is 2.18 bits per heavy atom. The molecule has 0 radical (unpaired) electrons. The third kappa shape index (κ3) is 3.19. The van der Waals surface area contributed by atoms with E-state index in [1.54, 1.807) is 0 Å². The first-order valence-corrected chi connectivity index (χ1v) is 6.19. The highest BCUT2D eigenvalue weighted by atomic mass is 16.5. The lowest BCUT2D eigenvalue weighted by Crippen LogP contribution is -2.25. The maximum absolute atomic E-state index is 11.4. The van der Waals surface area contributed by atoms with Crippen molar-refractivity contribution >= 4 is 11.9 Å². The lowest BCUT2D eigenvalue weighted by molar-refractivity contribution is -0.122. The number of hydrogen-bond donors (Lipinski definition) is 0. The van der Waals surface area contributed by atoms with E-state index >= 15 is 0 Å². The molecule has 1 aliphatic rings. The molecule has 1 saturated carbocycles. The number of carbonyl (C=O) groups is 1. The van der Waals surface area contributed by atoms with Crippen LogP contribution in [0.3, 0.4) is 0 Å². The minimum Gasteiger partial charge on any atom is -0.489 e. The average Bonchev–Trinajstić information content (AvgIpc) is 2.32. The summed E-state index contributed by atoms with van der Waals surface area (Å²) in [5.41, 5.74) is 1.08. The summed E-state index contributed by atoms with van der Waals surface area (Å²) in [6.45, 7) is 1.99. The Balaban J connectivity index is 2.09. The van der Waals surface area contributed by atoms with Gasteiger partial charge < -0.3 is 4.74 Å². The molecule has 0 bridgehead atoms. The number of carbonyl (C=O) groups excluding carboxylic acids is 1. The zero-order valence-electron chi connectivity index (χ0n) is 10.2. The van der Waals surface area contributed by atoms with Gasteiger partial charge in [-0.25, -0.2) is 0 Å². The lowest BCUT2D eigenvalue weighted by Gasteiger charge is -2.23. The predicted octanol–water partition coefficient (Wildman–Crippen LogP) is 3.61. The summed E-state index contributed by atoms with van der Waals surface area (Å²) >= 11 is 0. The van der Waals surface area contributed by atoms with Crippen molar-refractivity contribution in [2.24, 2.45) is 0 Å². The van der Waals surface area contributed by atoms with Gasteiger partial charge >= 0.3 is 0 Å². The topological polar surface area (TPSA) is 26.3 Å². The standard InChI is InChI=1S/C15H18O2/c1-2-6-12-7-3-4-10-15(12)17-14-9-5-8-13(16)11-14/h2-4,6-7,10,14H,5,8-9,11H2,1H3. The molecule has 0 heterocycles. The quantitative estimate of drug-likeness (QED) is 0.793. The second-order valence-corrected chi connectivity index (χ2v) is 4.41. The number of benzene rings is 1. The highest BCUT2D eigenvalue weighted by Gasteiger charge is 2.21. The highest BCUT2D eigenvalue weighted by Crippen LogP contribution is 2.25. The molecule has 0 N–H and O–H groups in total. The van der Waals surface area contributed by atoms with Crippen LogP contribution in [0.15, 0.2) is 30.3 Å². The number of allylic oxidation sites excluding steroid dienone is 1. The number of rotatable bonds is 3. The van der Waals surface area contributed by atoms with E-state index in [9.17, 15) is 4.79 Å². The average molecular weight is 230 g/mol. The summed E-state index contributed by atoms with van der Waals surface area (Å²) < 4.78 is 5.94. The first kappa shape index (κ1) is 11.9. The fourth-order valence-electron chi connectivity index (χ4n) is 2.17. The molecule has 90 valence electrons. The molecule has 1 aromatic rings. The van der Waals surface area contributed by atoms with E-state index in [1.165, 1.54) is 0 Å². The molecule has 1 aliphatic carbocycles. The van der Waals surface area contributed by atoms with Crippen LogP contribution in [0.2, 0.25) is 0 Å². The van der Waals surface area contributed by atoms with Crippen LogP contribution in [-0.2, 0) is 4.79 Å². The van der Waals surface area contributed by atoms with Gasteiger partial charge in [0.1, 0.15) is 17.6 Å². The van der Waals surface area contributed by atoms with Crippen molar-refractivity contribution in [2.75, 3.05) is 0 Å². The van der Waals surface area contributed by atoms with Crippen LogP contribution >= 0.6 is 0 Å². The van der Waals surface area contributed by atoms with Crippen LogP contribution in [0, 0.1) is 0 Å². The lowest BCUT2D eigenvalue weighted by atomic mass is 9.96. The second-order valence-electron chi connectivity index (χ2n) is 4.41. The Morgan fingerprint density at radius 3 is 2.94 bits per heavy atom. The van der Waals surface area contributed by atoms with E-state index in [-0.39, 0.29) is 6.10 Å². The molecule has 0 saturated heterocycles. The number of Topliss-reactive ketones (excluding diaryl/α,β-unsaturated/α-hetero) is 1. The third-order valence-electron chi connectivity index (χ3n) is 3.00. The zero-order chi connectivity index (χ0) is 12.1. The molecule has 1 unspecified atom stereocenters. The van der Waals surface area contributed by atoms with Gasteiger partial charge in [-0.1, -0.05) is 30.4 Å². The van der Waals surface area contributed by atoms with Crippen LogP contribution < -0.4 is 4.74 Å². The molecule has 0 amide bonds. The molecule has 0 aromatic heterocycles. The summed E-state index contributed by atoms with van der Waals surface area (Å²) in [5.74, 6) is 1.20. The van der Waals surface area contributed by atoms with Crippen LogP contribution in [0.5, 0.6) is 5.75 Å². The minimum atomic E-state index is 0.0580. The Labute approximate surface area is 102 Å². The van der Waals surface area contributed by atoms with Crippen molar-refractivity contribution < 1.29 is 9.53 Å². The number of hydrogen-bond acceptors (Lipinski definition) is 2. The van der Waals surface area contributed by atoms with Gasteiger partial charge in [-0.2, -0.15) is 0 Å². The van der Waals surface area contributed by atoms with E-state index in [2.05, 4.69) is 0 Å². The van der Waals surface area contributed by atoms with Crippen LogP contribution in [0.1, 0.15) is 38.2 Å². The van der Waals surface area contributed by atoms with Gasteiger partial charge in [-0.05, 0) is 25.8 Å². The molecule has 1 atom stereocenters. The fourth-order valence-corrected chi connectivity index (χ4v) is 2.17. The molecule has 1 aromatic carbocycles. The van der Waals surface area contributed by atoms with Crippen molar-refractivity contribution in [3.63, 3.8) is 0 Å². The summed E-state index contributed by atoms with van der Waals surface area (Å²) in [7, 11) is 0. The van der Waals surface area contributed by atoms with Crippen molar-refractivity contribution in [1.82, 2.24) is 0 Å². The van der Waals surface area contributed by atoms with E-state index in [0.29, 0.717) is 12.2 Å². The Bertz CT molecular complexity index is 421. The van der Waals surface area contributed by atoms with Gasteiger partial charge in [0.25, 0.3) is 0 Å². The summed E-state index contributed by atoms with van der Waals surface area (Å²) in [4.78, 5) is 11.4. The normalized spacial score (nSPS) is 20.8. The van der Waals surface area contributed by atoms with Gasteiger partial charge in [-0.3, -0.25) is 4.79 Å². The minimum absolute atomic E-state index is 0.0580. The van der Waals surface area contributed by atoms with Crippen molar-refractivity contribution in [3.8, 4) is 5.75 Å². The first-order valence-electron chi connectivity index (χ1n) is 6.19. The maximum Gasteiger partial charge on any atom is 0.136 e. The van der Waals surface area contributed by atoms with Gasteiger partial charge in [0, 0.05) is 18.4 Å². The first-order chi connectivity index (χ1) is 8.29. The number of para-hydroxylation sites is 1. The van der Waals surface area contributed by atoms with E-state index in [0.717, 1.165) is 30.6 Å². The second kappa shape index (κ2) is 5.67. The predicted molar refractivity (Wildman–Crippen MR) is 69.0 cm³/mol.